The molecule has 0 spiro atoms. The number of aromatic nitrogens is 2. The maximum Gasteiger partial charge on any atom is 0.275 e. The van der Waals surface area contributed by atoms with Gasteiger partial charge in [0.1, 0.15) is 16.5 Å². The van der Waals surface area contributed by atoms with Gasteiger partial charge >= 0.3 is 0 Å². The number of nitrogens with zero attached hydrogens (tertiary/aromatic N) is 4. The van der Waals surface area contributed by atoms with Gasteiger partial charge in [-0.25, -0.2) is 4.98 Å². The van der Waals surface area contributed by atoms with Crippen molar-refractivity contribution in [3.63, 3.8) is 0 Å². The van der Waals surface area contributed by atoms with Crippen LogP contribution in [0.1, 0.15) is 31.3 Å². The fraction of sp³-hybridized carbons (Fsp3) is 0.375. The van der Waals surface area contributed by atoms with Crippen molar-refractivity contribution in [2.75, 3.05) is 43.5 Å². The molecule has 1 aromatic carbocycles. The standard InChI is InChI=1S/C24H29N5O2S/c1-24(2,3)29-12-10-28(11-13-29)18-7-8-19(21(14-18)31-4)26-22(30)20-16-32-23(27-20)17-6-5-9-25-15-17/h5-9,14-16H,10-13H2,1-4H3,(H,26,30). The Balaban J connectivity index is 1.45. The van der Waals surface area contributed by atoms with Crippen molar-refractivity contribution in [1.29, 1.82) is 0 Å². The van der Waals surface area contributed by atoms with E-state index in [0.717, 1.165) is 42.4 Å². The van der Waals surface area contributed by atoms with Gasteiger partial charge in [0.25, 0.3) is 5.91 Å². The van der Waals surface area contributed by atoms with E-state index in [9.17, 15) is 4.79 Å². The van der Waals surface area contributed by atoms with Crippen LogP contribution in [0.4, 0.5) is 11.4 Å². The van der Waals surface area contributed by atoms with Gasteiger partial charge in [-0.15, -0.1) is 11.3 Å². The van der Waals surface area contributed by atoms with Crippen LogP contribution >= 0.6 is 11.3 Å². The minimum absolute atomic E-state index is 0.185. The predicted octanol–water partition coefficient (Wildman–Crippen LogP) is 4.39. The average Bonchev–Trinajstić information content (AvgIpc) is 3.30. The topological polar surface area (TPSA) is 70.6 Å². The van der Waals surface area contributed by atoms with Gasteiger partial charge in [0.15, 0.2) is 0 Å². The Hall–Kier alpha value is -2.97. The molecule has 3 heterocycles. The molecule has 1 aliphatic rings. The van der Waals surface area contributed by atoms with E-state index in [0.29, 0.717) is 17.1 Å². The number of hydrogen-bond donors (Lipinski definition) is 1. The second-order valence-corrected chi connectivity index (χ2v) is 9.62. The molecule has 1 aliphatic heterocycles. The number of hydrogen-bond acceptors (Lipinski definition) is 7. The fourth-order valence-corrected chi connectivity index (χ4v) is 4.59. The van der Waals surface area contributed by atoms with E-state index in [4.69, 9.17) is 4.74 Å². The number of benzene rings is 1. The third-order valence-electron chi connectivity index (χ3n) is 5.67. The molecule has 7 nitrogen and oxygen atoms in total. The van der Waals surface area contributed by atoms with Crippen LogP contribution in [0.15, 0.2) is 48.1 Å². The number of piperazine rings is 1. The summed E-state index contributed by atoms with van der Waals surface area (Å²) in [6, 6.07) is 9.70. The Morgan fingerprint density at radius 2 is 1.94 bits per heavy atom. The summed E-state index contributed by atoms with van der Waals surface area (Å²) >= 11 is 1.42. The summed E-state index contributed by atoms with van der Waals surface area (Å²) < 4.78 is 5.59. The molecule has 1 fully saturated rings. The number of carbonyl (C=O) groups excluding carboxylic acids is 1. The highest BCUT2D eigenvalue weighted by Crippen LogP contribution is 2.32. The minimum atomic E-state index is -0.263. The lowest BCUT2D eigenvalue weighted by Gasteiger charge is -2.43. The van der Waals surface area contributed by atoms with Crippen LogP contribution in [-0.2, 0) is 0 Å². The van der Waals surface area contributed by atoms with Crippen LogP contribution in [0.5, 0.6) is 5.75 Å². The number of nitrogens with one attached hydrogen (secondary N) is 1. The third kappa shape index (κ3) is 4.92. The molecule has 1 amide bonds. The molecule has 0 bridgehead atoms. The lowest BCUT2D eigenvalue weighted by molar-refractivity contribution is 0.102. The van der Waals surface area contributed by atoms with Gasteiger partial charge in [-0.2, -0.15) is 0 Å². The molecule has 4 rings (SSSR count). The minimum Gasteiger partial charge on any atom is -0.494 e. The zero-order chi connectivity index (χ0) is 22.7. The number of amides is 1. The number of thiazole rings is 1. The Bertz CT molecular complexity index is 1070. The Labute approximate surface area is 193 Å². The fourth-order valence-electron chi connectivity index (χ4n) is 3.80. The first-order valence-corrected chi connectivity index (χ1v) is 11.6. The maximum atomic E-state index is 12.8. The van der Waals surface area contributed by atoms with E-state index < -0.39 is 0 Å². The van der Waals surface area contributed by atoms with E-state index in [-0.39, 0.29) is 11.4 Å². The molecule has 168 valence electrons. The van der Waals surface area contributed by atoms with Gasteiger partial charge in [0, 0.05) is 66.8 Å². The Morgan fingerprint density at radius 1 is 1.16 bits per heavy atom. The summed E-state index contributed by atoms with van der Waals surface area (Å²) in [5.41, 5.74) is 3.18. The molecule has 0 saturated carbocycles. The van der Waals surface area contributed by atoms with Crippen LogP contribution in [0.2, 0.25) is 0 Å². The zero-order valence-corrected chi connectivity index (χ0v) is 19.8. The molecule has 32 heavy (non-hydrogen) atoms. The predicted molar refractivity (Wildman–Crippen MR) is 130 cm³/mol. The lowest BCUT2D eigenvalue weighted by Crippen LogP contribution is -2.53. The summed E-state index contributed by atoms with van der Waals surface area (Å²) in [4.78, 5) is 26.2. The van der Waals surface area contributed by atoms with Gasteiger partial charge in [-0.05, 0) is 45.0 Å². The first-order valence-electron chi connectivity index (χ1n) is 10.7. The molecule has 2 aromatic heterocycles. The monoisotopic (exact) mass is 451 g/mol. The van der Waals surface area contributed by atoms with Crippen molar-refractivity contribution in [2.45, 2.75) is 26.3 Å². The van der Waals surface area contributed by atoms with E-state index in [1.165, 1.54) is 11.3 Å². The highest BCUT2D eigenvalue weighted by molar-refractivity contribution is 7.13. The van der Waals surface area contributed by atoms with Crippen molar-refractivity contribution < 1.29 is 9.53 Å². The van der Waals surface area contributed by atoms with Crippen LogP contribution in [0, 0.1) is 0 Å². The largest absolute Gasteiger partial charge is 0.494 e. The molecule has 1 N–H and O–H groups in total. The molecule has 0 unspecified atom stereocenters. The smallest absolute Gasteiger partial charge is 0.275 e. The van der Waals surface area contributed by atoms with E-state index >= 15 is 0 Å². The summed E-state index contributed by atoms with van der Waals surface area (Å²) in [6.45, 7) is 10.7. The summed E-state index contributed by atoms with van der Waals surface area (Å²) in [6.07, 6.45) is 3.45. The Morgan fingerprint density at radius 3 is 2.59 bits per heavy atom. The molecular weight excluding hydrogens is 422 g/mol. The second kappa shape index (κ2) is 9.26. The van der Waals surface area contributed by atoms with Crippen molar-refractivity contribution in [1.82, 2.24) is 14.9 Å². The van der Waals surface area contributed by atoms with Crippen LogP contribution < -0.4 is 15.0 Å². The highest BCUT2D eigenvalue weighted by Gasteiger charge is 2.26. The van der Waals surface area contributed by atoms with Gasteiger partial charge < -0.3 is 15.0 Å². The number of ether oxygens (including phenoxy) is 1. The SMILES string of the molecule is COc1cc(N2CCN(C(C)(C)C)CC2)ccc1NC(=O)c1csc(-c2cccnc2)n1. The van der Waals surface area contributed by atoms with Gasteiger partial charge in [0.05, 0.1) is 12.8 Å². The highest BCUT2D eigenvalue weighted by atomic mass is 32.1. The molecule has 0 atom stereocenters. The van der Waals surface area contributed by atoms with E-state index in [1.54, 1.807) is 24.9 Å². The lowest BCUT2D eigenvalue weighted by atomic mass is 10.0. The number of carbonyl (C=O) groups is 1. The summed E-state index contributed by atoms with van der Waals surface area (Å²) in [5, 5.41) is 5.46. The number of methoxy groups -OCH3 is 1. The van der Waals surface area contributed by atoms with Crippen LogP contribution in [-0.4, -0.2) is 59.6 Å². The van der Waals surface area contributed by atoms with Crippen molar-refractivity contribution >= 4 is 28.6 Å². The number of anilines is 2. The number of rotatable bonds is 5. The number of pyridine rings is 1. The van der Waals surface area contributed by atoms with E-state index in [2.05, 4.69) is 45.9 Å². The molecule has 3 aromatic rings. The second-order valence-electron chi connectivity index (χ2n) is 8.76. The van der Waals surface area contributed by atoms with Gasteiger partial charge in [-0.1, -0.05) is 0 Å². The Kier molecular flexibility index (Phi) is 6.43. The first-order chi connectivity index (χ1) is 15.3. The third-order valence-corrected chi connectivity index (χ3v) is 6.56. The van der Waals surface area contributed by atoms with Crippen LogP contribution in [0.3, 0.4) is 0 Å². The quantitative estimate of drug-likeness (QED) is 0.621. The zero-order valence-electron chi connectivity index (χ0n) is 19.0. The first kappa shape index (κ1) is 22.2. The van der Waals surface area contributed by atoms with Gasteiger partial charge in [-0.3, -0.25) is 14.7 Å². The molecular formula is C24H29N5O2S. The summed E-state index contributed by atoms with van der Waals surface area (Å²) in [5.74, 6) is 0.373. The molecule has 0 radical (unpaired) electrons. The maximum absolute atomic E-state index is 12.8. The average molecular weight is 452 g/mol. The molecule has 0 aliphatic carbocycles. The summed E-state index contributed by atoms with van der Waals surface area (Å²) in [7, 11) is 1.62. The molecule has 1 saturated heterocycles. The van der Waals surface area contributed by atoms with Gasteiger partial charge in [0.2, 0.25) is 0 Å². The van der Waals surface area contributed by atoms with Crippen LogP contribution in [0.25, 0.3) is 10.6 Å². The normalized spacial score (nSPS) is 14.9. The van der Waals surface area contributed by atoms with E-state index in [1.807, 2.05) is 30.3 Å². The van der Waals surface area contributed by atoms with Crippen molar-refractivity contribution in [2.24, 2.45) is 0 Å². The van der Waals surface area contributed by atoms with Crippen molar-refractivity contribution in [3.05, 3.63) is 53.8 Å². The van der Waals surface area contributed by atoms with Crippen molar-refractivity contribution in [3.8, 4) is 16.3 Å². The molecule has 8 heteroatoms.